The SMILES string of the molecule is Cc1nc(Cl)c(NCCC(=O)N2CCCCC2)nc1C. The molecule has 1 N–H and O–H groups in total. The van der Waals surface area contributed by atoms with Crippen LogP contribution in [0.4, 0.5) is 5.82 Å². The number of rotatable bonds is 4. The van der Waals surface area contributed by atoms with E-state index in [-0.39, 0.29) is 5.91 Å². The van der Waals surface area contributed by atoms with Gasteiger partial charge in [-0.1, -0.05) is 11.6 Å². The summed E-state index contributed by atoms with van der Waals surface area (Å²) in [5.41, 5.74) is 1.67. The Hall–Kier alpha value is -1.36. The number of hydrogen-bond donors (Lipinski definition) is 1. The van der Waals surface area contributed by atoms with Gasteiger partial charge in [-0.25, -0.2) is 9.97 Å². The first-order valence-corrected chi connectivity index (χ1v) is 7.48. The first kappa shape index (κ1) is 15.0. The second-order valence-corrected chi connectivity index (χ2v) is 5.51. The van der Waals surface area contributed by atoms with Gasteiger partial charge >= 0.3 is 0 Å². The predicted molar refractivity (Wildman–Crippen MR) is 80.1 cm³/mol. The van der Waals surface area contributed by atoms with Crippen LogP contribution in [0.15, 0.2) is 0 Å². The first-order valence-electron chi connectivity index (χ1n) is 7.10. The summed E-state index contributed by atoms with van der Waals surface area (Å²) < 4.78 is 0. The van der Waals surface area contributed by atoms with Crippen molar-refractivity contribution in [2.24, 2.45) is 0 Å². The van der Waals surface area contributed by atoms with Crippen LogP contribution in [0.2, 0.25) is 5.15 Å². The van der Waals surface area contributed by atoms with Crippen molar-refractivity contribution in [3.8, 4) is 0 Å². The third kappa shape index (κ3) is 3.82. The van der Waals surface area contributed by atoms with Crippen molar-refractivity contribution >= 4 is 23.3 Å². The van der Waals surface area contributed by atoms with Gasteiger partial charge in [0.1, 0.15) is 0 Å². The van der Waals surface area contributed by atoms with Crippen LogP contribution in [0.3, 0.4) is 0 Å². The van der Waals surface area contributed by atoms with Crippen LogP contribution in [0.25, 0.3) is 0 Å². The number of amides is 1. The summed E-state index contributed by atoms with van der Waals surface area (Å²) in [6.07, 6.45) is 3.93. The van der Waals surface area contributed by atoms with Crippen LogP contribution < -0.4 is 5.32 Å². The maximum Gasteiger partial charge on any atom is 0.224 e. The van der Waals surface area contributed by atoms with Gasteiger partial charge < -0.3 is 10.2 Å². The Bertz CT molecular complexity index is 486. The molecular weight excluding hydrogens is 276 g/mol. The average molecular weight is 297 g/mol. The van der Waals surface area contributed by atoms with E-state index >= 15 is 0 Å². The van der Waals surface area contributed by atoms with Crippen LogP contribution in [0, 0.1) is 13.8 Å². The van der Waals surface area contributed by atoms with Gasteiger partial charge in [0.25, 0.3) is 0 Å². The number of halogens is 1. The summed E-state index contributed by atoms with van der Waals surface area (Å²) >= 11 is 6.03. The van der Waals surface area contributed by atoms with Gasteiger partial charge in [-0.15, -0.1) is 0 Å². The van der Waals surface area contributed by atoms with Crippen LogP contribution >= 0.6 is 11.6 Å². The lowest BCUT2D eigenvalue weighted by molar-refractivity contribution is -0.131. The zero-order valence-corrected chi connectivity index (χ0v) is 12.8. The molecule has 1 saturated heterocycles. The van der Waals surface area contributed by atoms with Crippen molar-refractivity contribution in [1.29, 1.82) is 0 Å². The van der Waals surface area contributed by atoms with Crippen molar-refractivity contribution in [2.75, 3.05) is 25.0 Å². The van der Waals surface area contributed by atoms with E-state index < -0.39 is 0 Å². The Kier molecular flexibility index (Phi) is 5.17. The number of likely N-dealkylation sites (tertiary alicyclic amines) is 1. The number of aryl methyl sites for hydroxylation is 2. The fraction of sp³-hybridized carbons (Fsp3) is 0.643. The van der Waals surface area contributed by atoms with Crippen LogP contribution in [-0.4, -0.2) is 40.4 Å². The lowest BCUT2D eigenvalue weighted by Crippen LogP contribution is -2.36. The molecule has 1 aromatic heterocycles. The third-order valence-corrected chi connectivity index (χ3v) is 3.87. The van der Waals surface area contributed by atoms with Crippen LogP contribution in [0.1, 0.15) is 37.1 Å². The molecule has 20 heavy (non-hydrogen) atoms. The Morgan fingerprint density at radius 1 is 1.20 bits per heavy atom. The van der Waals surface area contributed by atoms with Crippen molar-refractivity contribution in [3.63, 3.8) is 0 Å². The zero-order valence-electron chi connectivity index (χ0n) is 12.1. The van der Waals surface area contributed by atoms with Gasteiger partial charge in [0.15, 0.2) is 11.0 Å². The molecule has 5 nitrogen and oxygen atoms in total. The van der Waals surface area contributed by atoms with Gasteiger partial charge in [-0.05, 0) is 33.1 Å². The normalized spacial score (nSPS) is 15.2. The molecular formula is C14H21ClN4O. The van der Waals surface area contributed by atoms with E-state index in [1.807, 2.05) is 18.7 Å². The molecule has 110 valence electrons. The van der Waals surface area contributed by atoms with Crippen LogP contribution in [0.5, 0.6) is 0 Å². The van der Waals surface area contributed by atoms with E-state index in [4.69, 9.17) is 11.6 Å². The molecule has 1 aliphatic heterocycles. The molecule has 1 fully saturated rings. The maximum absolute atomic E-state index is 12.0. The number of anilines is 1. The van der Waals surface area contributed by atoms with Gasteiger partial charge in [-0.2, -0.15) is 0 Å². The molecule has 6 heteroatoms. The summed E-state index contributed by atoms with van der Waals surface area (Å²) in [6.45, 7) is 6.08. The standard InChI is InChI=1S/C14H21ClN4O/c1-10-11(2)18-14(13(15)17-10)16-7-6-12(20)19-8-4-3-5-9-19/h3-9H2,1-2H3,(H,16,18). The van der Waals surface area contributed by atoms with Crippen molar-refractivity contribution < 1.29 is 4.79 Å². The fourth-order valence-electron chi connectivity index (χ4n) is 2.28. The Balaban J connectivity index is 1.83. The number of piperidine rings is 1. The highest BCUT2D eigenvalue weighted by molar-refractivity contribution is 6.31. The minimum absolute atomic E-state index is 0.199. The quantitative estimate of drug-likeness (QED) is 0.928. The molecule has 0 aromatic carbocycles. The molecule has 2 heterocycles. The molecule has 0 radical (unpaired) electrons. The lowest BCUT2D eigenvalue weighted by atomic mass is 10.1. The molecule has 0 bridgehead atoms. The van der Waals surface area contributed by atoms with Crippen molar-refractivity contribution in [3.05, 3.63) is 16.5 Å². The molecule has 1 aliphatic rings. The van der Waals surface area contributed by atoms with Crippen molar-refractivity contribution in [1.82, 2.24) is 14.9 Å². The van der Waals surface area contributed by atoms with Crippen molar-refractivity contribution in [2.45, 2.75) is 39.5 Å². The average Bonchev–Trinajstić information content (AvgIpc) is 2.45. The topological polar surface area (TPSA) is 58.1 Å². The van der Waals surface area contributed by atoms with E-state index in [2.05, 4.69) is 15.3 Å². The Morgan fingerprint density at radius 2 is 1.85 bits per heavy atom. The fourth-order valence-corrected chi connectivity index (χ4v) is 2.51. The van der Waals surface area contributed by atoms with E-state index in [1.54, 1.807) is 0 Å². The van der Waals surface area contributed by atoms with E-state index in [0.29, 0.717) is 23.9 Å². The van der Waals surface area contributed by atoms with Gasteiger partial charge in [0.2, 0.25) is 5.91 Å². The van der Waals surface area contributed by atoms with Crippen LogP contribution in [-0.2, 0) is 4.79 Å². The Labute approximate surface area is 124 Å². The summed E-state index contributed by atoms with van der Waals surface area (Å²) in [7, 11) is 0. The van der Waals surface area contributed by atoms with E-state index in [0.717, 1.165) is 37.3 Å². The first-order chi connectivity index (χ1) is 9.58. The molecule has 0 unspecified atom stereocenters. The second-order valence-electron chi connectivity index (χ2n) is 5.15. The minimum atomic E-state index is 0.199. The number of carbonyl (C=O) groups is 1. The van der Waals surface area contributed by atoms with Gasteiger partial charge in [0, 0.05) is 26.1 Å². The number of hydrogen-bond acceptors (Lipinski definition) is 4. The Morgan fingerprint density at radius 3 is 2.55 bits per heavy atom. The second kappa shape index (κ2) is 6.88. The molecule has 1 amide bonds. The van der Waals surface area contributed by atoms with E-state index in [1.165, 1.54) is 6.42 Å². The van der Waals surface area contributed by atoms with Gasteiger partial charge in [0.05, 0.1) is 11.4 Å². The smallest absolute Gasteiger partial charge is 0.224 e. The molecule has 0 atom stereocenters. The zero-order chi connectivity index (χ0) is 14.5. The predicted octanol–water partition coefficient (Wildman–Crippen LogP) is 2.56. The summed E-state index contributed by atoms with van der Waals surface area (Å²) in [4.78, 5) is 22.5. The summed E-state index contributed by atoms with van der Waals surface area (Å²) in [5, 5.41) is 3.46. The van der Waals surface area contributed by atoms with Gasteiger partial charge in [-0.3, -0.25) is 4.79 Å². The number of carbonyl (C=O) groups excluding carboxylic acids is 1. The molecule has 0 saturated carbocycles. The largest absolute Gasteiger partial charge is 0.367 e. The summed E-state index contributed by atoms with van der Waals surface area (Å²) in [5.74, 6) is 0.756. The maximum atomic E-state index is 12.0. The highest BCUT2D eigenvalue weighted by Gasteiger charge is 2.16. The highest BCUT2D eigenvalue weighted by atomic mass is 35.5. The monoisotopic (exact) mass is 296 g/mol. The third-order valence-electron chi connectivity index (χ3n) is 3.60. The number of nitrogens with zero attached hydrogens (tertiary/aromatic N) is 3. The molecule has 0 spiro atoms. The lowest BCUT2D eigenvalue weighted by Gasteiger charge is -2.26. The van der Waals surface area contributed by atoms with E-state index in [9.17, 15) is 4.79 Å². The number of aromatic nitrogens is 2. The minimum Gasteiger partial charge on any atom is -0.367 e. The molecule has 1 aromatic rings. The molecule has 0 aliphatic carbocycles. The molecule has 2 rings (SSSR count). The highest BCUT2D eigenvalue weighted by Crippen LogP contribution is 2.18. The number of nitrogens with one attached hydrogen (secondary N) is 1. The summed E-state index contributed by atoms with van der Waals surface area (Å²) in [6, 6.07) is 0.